The van der Waals surface area contributed by atoms with E-state index in [0.29, 0.717) is 37.2 Å². The molecule has 4 N–H and O–H groups in total. The fourth-order valence-electron chi connectivity index (χ4n) is 4.35. The summed E-state index contributed by atoms with van der Waals surface area (Å²) in [5, 5.41) is 17.2. The Hall–Kier alpha value is -3.50. The van der Waals surface area contributed by atoms with Crippen LogP contribution in [0.1, 0.15) is 39.0 Å². The smallest absolute Gasteiger partial charge is 0.269 e. The summed E-state index contributed by atoms with van der Waals surface area (Å²) >= 11 is 0. The maximum Gasteiger partial charge on any atom is 0.269 e. The molecule has 3 rings (SSSR count). The molecule has 1 heterocycles. The second kappa shape index (κ2) is 12.3. The minimum atomic E-state index is -0.809. The van der Waals surface area contributed by atoms with Crippen molar-refractivity contribution in [2.24, 2.45) is 5.73 Å². The highest BCUT2D eigenvalue weighted by molar-refractivity contribution is 5.97. The Morgan fingerprint density at radius 3 is 2.51 bits per heavy atom. The van der Waals surface area contributed by atoms with E-state index in [1.807, 2.05) is 25.1 Å². The third-order valence-electron chi connectivity index (χ3n) is 6.14. The van der Waals surface area contributed by atoms with E-state index in [1.54, 1.807) is 17.0 Å². The van der Waals surface area contributed by atoms with Crippen molar-refractivity contribution >= 4 is 23.2 Å². The van der Waals surface area contributed by atoms with Crippen LogP contribution < -0.4 is 21.1 Å². The molecule has 1 unspecified atom stereocenters. The summed E-state index contributed by atoms with van der Waals surface area (Å²) in [7, 11) is 0. The van der Waals surface area contributed by atoms with Gasteiger partial charge in [0.25, 0.3) is 11.6 Å². The molecule has 2 aromatic rings. The van der Waals surface area contributed by atoms with Crippen molar-refractivity contribution in [1.29, 1.82) is 0 Å². The number of nitrogens with zero attached hydrogens (tertiary/aromatic N) is 2. The summed E-state index contributed by atoms with van der Waals surface area (Å²) in [6, 6.07) is 13.8. The Morgan fingerprint density at radius 1 is 1.20 bits per heavy atom. The van der Waals surface area contributed by atoms with Crippen molar-refractivity contribution < 1.29 is 19.2 Å². The molecule has 0 aliphatic carbocycles. The first-order valence-electron chi connectivity index (χ1n) is 11.8. The van der Waals surface area contributed by atoms with E-state index in [2.05, 4.69) is 10.6 Å². The third-order valence-corrected chi connectivity index (χ3v) is 6.14. The van der Waals surface area contributed by atoms with E-state index in [4.69, 9.17) is 10.5 Å². The number of benzene rings is 2. The van der Waals surface area contributed by atoms with Gasteiger partial charge in [0.15, 0.2) is 6.61 Å². The minimum Gasteiger partial charge on any atom is -0.484 e. The summed E-state index contributed by atoms with van der Waals surface area (Å²) in [5.74, 6) is -0.128. The topological polar surface area (TPSA) is 140 Å². The predicted molar refractivity (Wildman–Crippen MR) is 133 cm³/mol. The summed E-state index contributed by atoms with van der Waals surface area (Å²) in [6.45, 7) is 2.81. The molecule has 188 valence electrons. The van der Waals surface area contributed by atoms with Crippen LogP contribution in [0.25, 0.3) is 0 Å². The van der Waals surface area contributed by atoms with Gasteiger partial charge in [0.05, 0.1) is 10.6 Å². The number of amides is 2. The SMILES string of the molecule is CC1(N(C(=O)COc2ccccc2)[C@@H](CCCN)C(=O)Nc2ccc([N+](=O)[O-])cc2)CCCCN1. The Kier molecular flexibility index (Phi) is 9.16. The number of carbonyl (C=O) groups is 2. The highest BCUT2D eigenvalue weighted by atomic mass is 16.6. The van der Waals surface area contributed by atoms with Crippen LogP contribution in [0.2, 0.25) is 0 Å². The van der Waals surface area contributed by atoms with Crippen LogP contribution in [0.15, 0.2) is 54.6 Å². The van der Waals surface area contributed by atoms with Gasteiger partial charge >= 0.3 is 0 Å². The molecule has 1 saturated heterocycles. The Bertz CT molecular complexity index is 993. The lowest BCUT2D eigenvalue weighted by Crippen LogP contribution is -2.66. The first kappa shape index (κ1) is 26.1. The normalized spacial score (nSPS) is 18.3. The van der Waals surface area contributed by atoms with E-state index in [0.717, 1.165) is 19.4 Å². The van der Waals surface area contributed by atoms with Crippen LogP contribution in [0.4, 0.5) is 11.4 Å². The number of nitro benzene ring substituents is 1. The molecular formula is C25H33N5O5. The van der Waals surface area contributed by atoms with E-state index in [1.165, 1.54) is 24.3 Å². The van der Waals surface area contributed by atoms with Gasteiger partial charge in [-0.2, -0.15) is 0 Å². The second-order valence-electron chi connectivity index (χ2n) is 8.76. The fraction of sp³-hybridized carbons (Fsp3) is 0.440. The summed E-state index contributed by atoms with van der Waals surface area (Å²) in [4.78, 5) is 39.1. The van der Waals surface area contributed by atoms with E-state index < -0.39 is 16.6 Å². The van der Waals surface area contributed by atoms with Gasteiger partial charge in [0, 0.05) is 17.8 Å². The first-order valence-corrected chi connectivity index (χ1v) is 11.8. The number of rotatable bonds is 11. The number of nitro groups is 1. The van der Waals surface area contributed by atoms with E-state index in [-0.39, 0.29) is 24.1 Å². The lowest BCUT2D eigenvalue weighted by molar-refractivity contribution is -0.384. The maximum absolute atomic E-state index is 13.6. The Morgan fingerprint density at radius 2 is 1.91 bits per heavy atom. The third kappa shape index (κ3) is 7.00. The minimum absolute atomic E-state index is 0.0727. The number of carbonyl (C=O) groups excluding carboxylic acids is 2. The van der Waals surface area contributed by atoms with Crippen LogP contribution >= 0.6 is 0 Å². The molecule has 0 saturated carbocycles. The molecular weight excluding hydrogens is 450 g/mol. The standard InChI is InChI=1S/C25H33N5O5/c1-25(15-5-6-17-27-25)29(23(31)18-35-21-8-3-2-4-9-21)22(10-7-16-26)24(32)28-19-11-13-20(14-12-19)30(33)34/h2-4,8-9,11-14,22,27H,5-7,10,15-18,26H2,1H3,(H,28,32)/t22-,25?/m0/s1. The molecule has 10 nitrogen and oxygen atoms in total. The van der Waals surface area contributed by atoms with Crippen LogP contribution in [0, 0.1) is 10.1 Å². The number of para-hydroxylation sites is 1. The van der Waals surface area contributed by atoms with Crippen LogP contribution in [0.5, 0.6) is 5.75 Å². The number of hydrogen-bond acceptors (Lipinski definition) is 7. The largest absolute Gasteiger partial charge is 0.484 e. The average molecular weight is 484 g/mol. The summed E-state index contributed by atoms with van der Waals surface area (Å²) in [5.41, 5.74) is 5.36. The van der Waals surface area contributed by atoms with Gasteiger partial charge in [-0.1, -0.05) is 18.2 Å². The van der Waals surface area contributed by atoms with Crippen molar-refractivity contribution in [2.75, 3.05) is 25.0 Å². The average Bonchev–Trinajstić information content (AvgIpc) is 2.86. The fourth-order valence-corrected chi connectivity index (χ4v) is 4.35. The first-order chi connectivity index (χ1) is 16.8. The lowest BCUT2D eigenvalue weighted by Gasteiger charge is -2.47. The number of nitrogens with one attached hydrogen (secondary N) is 2. The van der Waals surface area contributed by atoms with Crippen LogP contribution in [0.3, 0.4) is 0 Å². The predicted octanol–water partition coefficient (Wildman–Crippen LogP) is 3.04. The quantitative estimate of drug-likeness (QED) is 0.330. The molecule has 10 heteroatoms. The summed E-state index contributed by atoms with van der Waals surface area (Å²) in [6.07, 6.45) is 3.50. The number of anilines is 1. The molecule has 2 atom stereocenters. The zero-order valence-electron chi connectivity index (χ0n) is 19.9. The van der Waals surface area contributed by atoms with Gasteiger partial charge in [-0.15, -0.1) is 0 Å². The van der Waals surface area contributed by atoms with Crippen LogP contribution in [-0.4, -0.2) is 53.0 Å². The van der Waals surface area contributed by atoms with Crippen LogP contribution in [-0.2, 0) is 9.59 Å². The zero-order chi connectivity index (χ0) is 25.3. The monoisotopic (exact) mass is 483 g/mol. The molecule has 0 radical (unpaired) electrons. The molecule has 0 aromatic heterocycles. The van der Waals surface area contributed by atoms with Crippen molar-refractivity contribution in [3.8, 4) is 5.75 Å². The molecule has 0 bridgehead atoms. The van der Waals surface area contributed by atoms with Gasteiger partial charge in [0.1, 0.15) is 11.8 Å². The number of piperidine rings is 1. The number of ether oxygens (including phenoxy) is 1. The van der Waals surface area contributed by atoms with Crippen molar-refractivity contribution in [3.63, 3.8) is 0 Å². The van der Waals surface area contributed by atoms with E-state index in [9.17, 15) is 19.7 Å². The molecule has 0 spiro atoms. The summed E-state index contributed by atoms with van der Waals surface area (Å²) < 4.78 is 5.73. The number of nitrogens with two attached hydrogens (primary N) is 1. The highest BCUT2D eigenvalue weighted by Crippen LogP contribution is 2.28. The molecule has 2 aromatic carbocycles. The molecule has 2 amide bonds. The van der Waals surface area contributed by atoms with Gasteiger partial charge in [-0.25, -0.2) is 0 Å². The van der Waals surface area contributed by atoms with Gasteiger partial charge in [-0.05, 0) is 76.4 Å². The molecule has 35 heavy (non-hydrogen) atoms. The van der Waals surface area contributed by atoms with Crippen molar-refractivity contribution in [1.82, 2.24) is 10.2 Å². The lowest BCUT2D eigenvalue weighted by atomic mass is 9.94. The highest BCUT2D eigenvalue weighted by Gasteiger charge is 2.43. The molecule has 1 fully saturated rings. The molecule has 1 aliphatic heterocycles. The maximum atomic E-state index is 13.6. The second-order valence-corrected chi connectivity index (χ2v) is 8.76. The Labute approximate surface area is 205 Å². The number of hydrogen-bond donors (Lipinski definition) is 3. The van der Waals surface area contributed by atoms with Gasteiger partial charge < -0.3 is 20.7 Å². The van der Waals surface area contributed by atoms with Gasteiger partial charge in [-0.3, -0.25) is 25.0 Å². The Balaban J connectivity index is 1.86. The number of non-ortho nitro benzene ring substituents is 1. The zero-order valence-corrected chi connectivity index (χ0v) is 19.9. The van der Waals surface area contributed by atoms with E-state index >= 15 is 0 Å². The van der Waals surface area contributed by atoms with Gasteiger partial charge in [0.2, 0.25) is 5.91 Å². The molecule has 1 aliphatic rings. The van der Waals surface area contributed by atoms with Crippen molar-refractivity contribution in [3.05, 3.63) is 64.7 Å². The van der Waals surface area contributed by atoms with Crippen molar-refractivity contribution in [2.45, 2.75) is 50.7 Å².